The van der Waals surface area contributed by atoms with E-state index in [0.717, 1.165) is 11.5 Å². The zero-order valence-corrected chi connectivity index (χ0v) is 13.2. The maximum Gasteiger partial charge on any atom is 0.317 e. The minimum Gasteiger partial charge on any atom is -0.481 e. The van der Waals surface area contributed by atoms with Crippen molar-refractivity contribution in [1.29, 1.82) is 0 Å². The fourth-order valence-electron chi connectivity index (χ4n) is 2.56. The average Bonchev–Trinajstić information content (AvgIpc) is 2.46. The number of carbonyl (C=O) groups excluding carboxylic acids is 1. The molecule has 20 heavy (non-hydrogen) atoms. The van der Waals surface area contributed by atoms with Gasteiger partial charge in [-0.05, 0) is 18.6 Å². The third-order valence-electron chi connectivity index (χ3n) is 3.65. The summed E-state index contributed by atoms with van der Waals surface area (Å²) in [6, 6.07) is -0.270. The first-order chi connectivity index (χ1) is 9.66. The highest BCUT2D eigenvalue weighted by Crippen LogP contribution is 2.24. The van der Waals surface area contributed by atoms with Crippen LogP contribution in [0.1, 0.15) is 25.7 Å². The molecule has 2 atom stereocenters. The summed E-state index contributed by atoms with van der Waals surface area (Å²) in [5.74, 6) is 1.96. The lowest BCUT2D eigenvalue weighted by Crippen LogP contribution is -2.52. The van der Waals surface area contributed by atoms with Crippen LogP contribution in [0.4, 0.5) is 4.79 Å². The summed E-state index contributed by atoms with van der Waals surface area (Å²) in [7, 11) is 0. The highest BCUT2D eigenvalue weighted by molar-refractivity contribution is 8.00. The number of nitrogens with zero attached hydrogens (tertiary/aromatic N) is 1. The molecule has 5 nitrogen and oxygen atoms in total. The van der Waals surface area contributed by atoms with E-state index in [0.29, 0.717) is 18.3 Å². The Morgan fingerprint density at radius 2 is 2.15 bits per heavy atom. The van der Waals surface area contributed by atoms with Gasteiger partial charge in [-0.15, -0.1) is 0 Å². The van der Waals surface area contributed by atoms with E-state index in [1.54, 1.807) is 16.7 Å². The summed E-state index contributed by atoms with van der Waals surface area (Å²) in [6.45, 7) is 1.35. The second-order valence-corrected chi connectivity index (χ2v) is 7.75. The number of urea groups is 1. The van der Waals surface area contributed by atoms with E-state index >= 15 is 0 Å². The highest BCUT2D eigenvalue weighted by Gasteiger charge is 2.29. The van der Waals surface area contributed by atoms with Crippen molar-refractivity contribution in [3.05, 3.63) is 0 Å². The predicted octanol–water partition coefficient (Wildman–Crippen LogP) is 1.87. The molecule has 2 rings (SSSR count). The Morgan fingerprint density at radius 1 is 1.30 bits per heavy atom. The first kappa shape index (κ1) is 15.8. The van der Waals surface area contributed by atoms with Crippen molar-refractivity contribution in [3.63, 3.8) is 0 Å². The molecule has 2 unspecified atom stereocenters. The van der Waals surface area contributed by atoms with Gasteiger partial charge in [-0.3, -0.25) is 4.79 Å². The molecule has 0 radical (unpaired) electrons. The SMILES string of the molecule is O=C(O)CC1CSCCN1C(=O)NCC1CCCCS1. The van der Waals surface area contributed by atoms with Crippen LogP contribution in [0, 0.1) is 0 Å². The van der Waals surface area contributed by atoms with Crippen LogP contribution in [0.5, 0.6) is 0 Å². The van der Waals surface area contributed by atoms with Gasteiger partial charge in [-0.25, -0.2) is 4.79 Å². The number of hydrogen-bond acceptors (Lipinski definition) is 4. The smallest absolute Gasteiger partial charge is 0.317 e. The van der Waals surface area contributed by atoms with Crippen LogP contribution in [0.2, 0.25) is 0 Å². The van der Waals surface area contributed by atoms with Crippen LogP contribution in [0.3, 0.4) is 0 Å². The Hall–Kier alpha value is -0.560. The van der Waals surface area contributed by atoms with Crippen molar-refractivity contribution in [2.45, 2.75) is 37.0 Å². The van der Waals surface area contributed by atoms with Crippen LogP contribution in [-0.2, 0) is 4.79 Å². The summed E-state index contributed by atoms with van der Waals surface area (Å²) in [6.07, 6.45) is 3.73. The van der Waals surface area contributed by atoms with Crippen molar-refractivity contribution >= 4 is 35.5 Å². The normalized spacial score (nSPS) is 27.1. The number of aliphatic carboxylic acids is 1. The second kappa shape index (κ2) is 8.02. The molecule has 7 heteroatoms. The van der Waals surface area contributed by atoms with Crippen molar-refractivity contribution < 1.29 is 14.7 Å². The molecule has 2 amide bonds. The van der Waals surface area contributed by atoms with E-state index < -0.39 is 5.97 Å². The van der Waals surface area contributed by atoms with Crippen molar-refractivity contribution in [1.82, 2.24) is 10.2 Å². The quantitative estimate of drug-likeness (QED) is 0.828. The largest absolute Gasteiger partial charge is 0.481 e. The summed E-state index contributed by atoms with van der Waals surface area (Å²) in [5.41, 5.74) is 0. The number of hydrogen-bond donors (Lipinski definition) is 2. The molecule has 0 aromatic heterocycles. The monoisotopic (exact) mass is 318 g/mol. The first-order valence-corrected chi connectivity index (χ1v) is 9.33. The molecule has 0 aliphatic carbocycles. The Balaban J connectivity index is 1.80. The average molecular weight is 318 g/mol. The second-order valence-electron chi connectivity index (χ2n) is 5.19. The molecule has 2 aliphatic heterocycles. The number of nitrogens with one attached hydrogen (secondary N) is 1. The van der Waals surface area contributed by atoms with Gasteiger partial charge in [0.25, 0.3) is 0 Å². The van der Waals surface area contributed by atoms with Crippen LogP contribution in [0.15, 0.2) is 0 Å². The first-order valence-electron chi connectivity index (χ1n) is 7.12. The van der Waals surface area contributed by atoms with E-state index in [-0.39, 0.29) is 18.5 Å². The molecule has 0 spiro atoms. The third-order valence-corrected chi connectivity index (χ3v) is 6.14. The fraction of sp³-hybridized carbons (Fsp3) is 0.846. The Morgan fingerprint density at radius 3 is 2.85 bits per heavy atom. The molecule has 2 saturated heterocycles. The molecule has 0 aromatic carbocycles. The van der Waals surface area contributed by atoms with Gasteiger partial charge in [0.15, 0.2) is 0 Å². The topological polar surface area (TPSA) is 69.6 Å². The number of carbonyl (C=O) groups is 2. The minimum atomic E-state index is -0.835. The van der Waals surface area contributed by atoms with Gasteiger partial charge < -0.3 is 15.3 Å². The standard InChI is InChI=1S/C13H22N2O3S2/c16-12(17)7-10-9-19-6-4-15(10)13(18)14-8-11-3-1-2-5-20-11/h10-11H,1-9H2,(H,14,18)(H,16,17). The Labute approximate surface area is 128 Å². The fourth-order valence-corrected chi connectivity index (χ4v) is 4.86. The predicted molar refractivity (Wildman–Crippen MR) is 83.6 cm³/mol. The van der Waals surface area contributed by atoms with Crippen LogP contribution >= 0.6 is 23.5 Å². The van der Waals surface area contributed by atoms with Gasteiger partial charge in [-0.2, -0.15) is 23.5 Å². The molecule has 0 bridgehead atoms. The molecule has 2 N–H and O–H groups in total. The van der Waals surface area contributed by atoms with Gasteiger partial charge in [0, 0.05) is 29.8 Å². The van der Waals surface area contributed by atoms with Crippen LogP contribution in [0.25, 0.3) is 0 Å². The lowest BCUT2D eigenvalue weighted by Gasteiger charge is -2.35. The molecular formula is C13H22N2O3S2. The Bertz CT molecular complexity index is 349. The Kier molecular flexibility index (Phi) is 6.35. The zero-order chi connectivity index (χ0) is 14.4. The van der Waals surface area contributed by atoms with Gasteiger partial charge in [0.2, 0.25) is 0 Å². The summed E-state index contributed by atoms with van der Waals surface area (Å²) in [5, 5.41) is 12.4. The molecule has 0 saturated carbocycles. The molecule has 0 aromatic rings. The number of amides is 2. The number of thioether (sulfide) groups is 2. The number of rotatable bonds is 4. The van der Waals surface area contributed by atoms with E-state index in [1.165, 1.54) is 25.0 Å². The lowest BCUT2D eigenvalue weighted by molar-refractivity contribution is -0.137. The van der Waals surface area contributed by atoms with Gasteiger partial charge in [0.1, 0.15) is 0 Å². The highest BCUT2D eigenvalue weighted by atomic mass is 32.2. The molecule has 2 heterocycles. The molecule has 114 valence electrons. The molecule has 2 fully saturated rings. The van der Waals surface area contributed by atoms with Crippen molar-refractivity contribution in [3.8, 4) is 0 Å². The number of carboxylic acid groups (broad SMARTS) is 1. The lowest BCUT2D eigenvalue weighted by atomic mass is 10.2. The van der Waals surface area contributed by atoms with Gasteiger partial charge in [0.05, 0.1) is 12.5 Å². The maximum absolute atomic E-state index is 12.2. The van der Waals surface area contributed by atoms with Crippen LogP contribution in [-0.4, -0.2) is 63.6 Å². The minimum absolute atomic E-state index is 0.0403. The van der Waals surface area contributed by atoms with Gasteiger partial charge in [-0.1, -0.05) is 6.42 Å². The summed E-state index contributed by atoms with van der Waals surface area (Å²) < 4.78 is 0. The van der Waals surface area contributed by atoms with E-state index in [1.807, 2.05) is 11.8 Å². The third kappa shape index (κ3) is 4.77. The van der Waals surface area contributed by atoms with Gasteiger partial charge >= 0.3 is 12.0 Å². The maximum atomic E-state index is 12.2. The number of carboxylic acids is 1. The van der Waals surface area contributed by atoms with Crippen molar-refractivity contribution in [2.24, 2.45) is 0 Å². The van der Waals surface area contributed by atoms with E-state index in [2.05, 4.69) is 5.32 Å². The molecule has 2 aliphatic rings. The van der Waals surface area contributed by atoms with E-state index in [4.69, 9.17) is 5.11 Å². The van der Waals surface area contributed by atoms with E-state index in [9.17, 15) is 9.59 Å². The van der Waals surface area contributed by atoms with Crippen LogP contribution < -0.4 is 5.32 Å². The summed E-state index contributed by atoms with van der Waals surface area (Å²) >= 11 is 3.66. The zero-order valence-electron chi connectivity index (χ0n) is 11.5. The summed E-state index contributed by atoms with van der Waals surface area (Å²) in [4.78, 5) is 24.8. The van der Waals surface area contributed by atoms with Crippen molar-refractivity contribution in [2.75, 3.05) is 30.3 Å². The molecular weight excluding hydrogens is 296 g/mol.